The second-order valence-electron chi connectivity index (χ2n) is 7.28. The quantitative estimate of drug-likeness (QED) is 0.173. The number of carbonyl (C=O) groups excluding carboxylic acids is 1. The van der Waals surface area contributed by atoms with Crippen molar-refractivity contribution in [1.82, 2.24) is 10.0 Å². The number of rotatable bonds is 9. The Balaban J connectivity index is 1.48. The third-order valence-corrected chi connectivity index (χ3v) is 6.42. The molecule has 0 saturated heterocycles. The molecule has 0 heterocycles. The van der Waals surface area contributed by atoms with E-state index < -0.39 is 20.9 Å². The normalized spacial score (nSPS) is 11.2. The Kier molecular flexibility index (Phi) is 8.79. The summed E-state index contributed by atoms with van der Waals surface area (Å²) in [6, 6.07) is 21.2. The summed E-state index contributed by atoms with van der Waals surface area (Å²) in [5.74, 6) is -0.498. The van der Waals surface area contributed by atoms with E-state index in [9.17, 15) is 23.3 Å². The van der Waals surface area contributed by atoms with E-state index in [1.54, 1.807) is 0 Å². The molecule has 0 atom stereocenters. The Morgan fingerprint density at radius 1 is 0.971 bits per heavy atom. The number of non-ortho nitro benzene ring substituents is 1. The van der Waals surface area contributed by atoms with Gasteiger partial charge in [0.15, 0.2) is 5.11 Å². The van der Waals surface area contributed by atoms with Crippen molar-refractivity contribution < 1.29 is 18.1 Å². The number of nitrogens with zero attached hydrogens (tertiary/aromatic N) is 1. The molecule has 0 aliphatic rings. The van der Waals surface area contributed by atoms with Crippen LogP contribution in [0.1, 0.15) is 11.1 Å². The molecule has 35 heavy (non-hydrogen) atoms. The first-order chi connectivity index (χ1) is 16.7. The maximum Gasteiger partial charge on any atom is 0.269 e. The van der Waals surface area contributed by atoms with Crippen molar-refractivity contribution in [1.29, 1.82) is 0 Å². The van der Waals surface area contributed by atoms with Crippen LogP contribution in [-0.4, -0.2) is 30.9 Å². The van der Waals surface area contributed by atoms with Gasteiger partial charge in [0.1, 0.15) is 0 Å². The van der Waals surface area contributed by atoms with E-state index in [1.807, 2.05) is 30.3 Å². The summed E-state index contributed by atoms with van der Waals surface area (Å²) in [6.07, 6.45) is 3.31. The average Bonchev–Trinajstić information content (AvgIpc) is 2.84. The number of sulfonamides is 1. The van der Waals surface area contributed by atoms with Gasteiger partial charge in [-0.1, -0.05) is 30.3 Å². The highest BCUT2D eigenvalue weighted by atomic mass is 32.2. The predicted molar refractivity (Wildman–Crippen MR) is 138 cm³/mol. The Hall–Kier alpha value is -3.93. The second kappa shape index (κ2) is 12.0. The minimum Gasteiger partial charge on any atom is -0.332 e. The zero-order valence-electron chi connectivity index (χ0n) is 18.4. The molecule has 180 valence electrons. The van der Waals surface area contributed by atoms with E-state index in [1.165, 1.54) is 60.7 Å². The lowest BCUT2D eigenvalue weighted by Crippen LogP contribution is -2.32. The molecule has 0 saturated carbocycles. The zero-order chi connectivity index (χ0) is 25.3. The van der Waals surface area contributed by atoms with E-state index in [-0.39, 0.29) is 22.2 Å². The number of carbonyl (C=O) groups is 1. The standard InChI is InChI=1S/C24H22N4O5S2/c29-23(15-8-19-6-11-21(12-7-19)28(30)31)27-24(34)26-20-9-13-22(14-10-20)35(32,33)25-17-16-18-4-2-1-3-5-18/h1-15,25H,16-17H2,(H2,26,27,29,34)/b15-8+. The van der Waals surface area contributed by atoms with Crippen molar-refractivity contribution in [3.63, 3.8) is 0 Å². The third kappa shape index (κ3) is 8.10. The number of nitro groups is 1. The van der Waals surface area contributed by atoms with Gasteiger partial charge in [0.25, 0.3) is 5.69 Å². The fraction of sp³-hybridized carbons (Fsp3) is 0.0833. The summed E-state index contributed by atoms with van der Waals surface area (Å²) in [7, 11) is -3.66. The van der Waals surface area contributed by atoms with E-state index in [0.717, 1.165) is 5.56 Å². The number of anilines is 1. The van der Waals surface area contributed by atoms with Crippen LogP contribution in [0.5, 0.6) is 0 Å². The number of nitrogens with one attached hydrogen (secondary N) is 3. The predicted octanol–water partition coefficient (Wildman–Crippen LogP) is 3.64. The van der Waals surface area contributed by atoms with Crippen LogP contribution in [-0.2, 0) is 21.2 Å². The van der Waals surface area contributed by atoms with Crippen LogP contribution < -0.4 is 15.4 Å². The Bertz CT molecular complexity index is 1320. The van der Waals surface area contributed by atoms with Gasteiger partial charge in [-0.2, -0.15) is 0 Å². The number of amides is 1. The first-order valence-corrected chi connectivity index (χ1v) is 12.3. The molecule has 0 aliphatic heterocycles. The van der Waals surface area contributed by atoms with Crippen LogP contribution in [0.25, 0.3) is 6.08 Å². The molecule has 3 rings (SSSR count). The highest BCUT2D eigenvalue weighted by molar-refractivity contribution is 7.89. The van der Waals surface area contributed by atoms with Gasteiger partial charge in [0.2, 0.25) is 15.9 Å². The van der Waals surface area contributed by atoms with Gasteiger partial charge in [-0.3, -0.25) is 20.2 Å². The van der Waals surface area contributed by atoms with Crippen LogP contribution in [0.3, 0.4) is 0 Å². The Labute approximate surface area is 208 Å². The van der Waals surface area contributed by atoms with Crippen molar-refractivity contribution in [2.24, 2.45) is 0 Å². The van der Waals surface area contributed by atoms with Crippen LogP contribution in [0, 0.1) is 10.1 Å². The van der Waals surface area contributed by atoms with Crippen molar-refractivity contribution in [2.75, 3.05) is 11.9 Å². The van der Waals surface area contributed by atoms with Crippen molar-refractivity contribution >= 4 is 50.7 Å². The number of thiocarbonyl (C=S) groups is 1. The number of benzene rings is 3. The van der Waals surface area contributed by atoms with Crippen molar-refractivity contribution in [3.8, 4) is 0 Å². The highest BCUT2D eigenvalue weighted by Crippen LogP contribution is 2.15. The van der Waals surface area contributed by atoms with Gasteiger partial charge in [0, 0.05) is 30.4 Å². The lowest BCUT2D eigenvalue weighted by atomic mass is 10.2. The van der Waals surface area contributed by atoms with Crippen LogP contribution in [0.2, 0.25) is 0 Å². The van der Waals surface area contributed by atoms with Crippen LogP contribution >= 0.6 is 12.2 Å². The molecule has 0 bridgehead atoms. The minimum atomic E-state index is -3.66. The Morgan fingerprint density at radius 2 is 1.63 bits per heavy atom. The highest BCUT2D eigenvalue weighted by Gasteiger charge is 2.13. The topological polar surface area (TPSA) is 130 Å². The first-order valence-electron chi connectivity index (χ1n) is 10.4. The summed E-state index contributed by atoms with van der Waals surface area (Å²) in [5.41, 5.74) is 2.10. The first kappa shape index (κ1) is 25.7. The maximum atomic E-state index is 12.5. The molecule has 3 aromatic carbocycles. The molecule has 0 radical (unpaired) electrons. The van der Waals surface area contributed by atoms with E-state index >= 15 is 0 Å². The summed E-state index contributed by atoms with van der Waals surface area (Å²) in [5, 5.41) is 16.0. The molecule has 1 amide bonds. The second-order valence-corrected chi connectivity index (χ2v) is 9.46. The molecule has 11 heteroatoms. The molecular weight excluding hydrogens is 488 g/mol. The SMILES string of the molecule is O=C(/C=C/c1ccc([N+](=O)[O-])cc1)NC(=S)Nc1ccc(S(=O)(=O)NCCc2ccccc2)cc1. The molecule has 0 aromatic heterocycles. The lowest BCUT2D eigenvalue weighted by Gasteiger charge is -2.10. The van der Waals surface area contributed by atoms with Gasteiger partial charge in [0.05, 0.1) is 9.82 Å². The molecule has 3 aromatic rings. The molecule has 9 nitrogen and oxygen atoms in total. The van der Waals surface area contributed by atoms with Crippen molar-refractivity contribution in [2.45, 2.75) is 11.3 Å². The van der Waals surface area contributed by atoms with Gasteiger partial charge < -0.3 is 5.32 Å². The molecule has 0 fully saturated rings. The fourth-order valence-corrected chi connectivity index (χ4v) is 4.22. The largest absolute Gasteiger partial charge is 0.332 e. The smallest absolute Gasteiger partial charge is 0.269 e. The van der Waals surface area contributed by atoms with Crippen molar-refractivity contribution in [3.05, 3.63) is 106 Å². The summed E-state index contributed by atoms with van der Waals surface area (Å²) >= 11 is 5.12. The maximum absolute atomic E-state index is 12.5. The molecule has 0 aliphatic carbocycles. The van der Waals surface area contributed by atoms with E-state index in [0.29, 0.717) is 17.7 Å². The van der Waals surface area contributed by atoms with Gasteiger partial charge in [-0.05, 0) is 72.2 Å². The lowest BCUT2D eigenvalue weighted by molar-refractivity contribution is -0.384. The third-order valence-electron chi connectivity index (χ3n) is 4.74. The molecular formula is C24H22N4O5S2. The van der Waals surface area contributed by atoms with E-state index in [4.69, 9.17) is 12.2 Å². The number of nitro benzene ring substituents is 1. The van der Waals surface area contributed by atoms with Gasteiger partial charge in [-0.15, -0.1) is 0 Å². The van der Waals surface area contributed by atoms with E-state index in [2.05, 4.69) is 15.4 Å². The Morgan fingerprint density at radius 3 is 2.26 bits per heavy atom. The summed E-state index contributed by atoms with van der Waals surface area (Å²) < 4.78 is 27.5. The molecule has 0 unspecified atom stereocenters. The van der Waals surface area contributed by atoms with Gasteiger partial charge >= 0.3 is 0 Å². The summed E-state index contributed by atoms with van der Waals surface area (Å²) in [6.45, 7) is 0.274. The molecule has 3 N–H and O–H groups in total. The van der Waals surface area contributed by atoms with Crippen LogP contribution in [0.15, 0.2) is 89.8 Å². The average molecular weight is 511 g/mol. The molecule has 0 spiro atoms. The monoisotopic (exact) mass is 510 g/mol. The minimum absolute atomic E-state index is 0.0277. The number of hydrogen-bond acceptors (Lipinski definition) is 6. The van der Waals surface area contributed by atoms with Crippen LogP contribution in [0.4, 0.5) is 11.4 Å². The zero-order valence-corrected chi connectivity index (χ0v) is 20.0. The van der Waals surface area contributed by atoms with Gasteiger partial charge in [-0.25, -0.2) is 13.1 Å². The number of hydrogen-bond donors (Lipinski definition) is 3. The summed E-state index contributed by atoms with van der Waals surface area (Å²) in [4.78, 5) is 22.3. The fourth-order valence-electron chi connectivity index (χ4n) is 2.97.